The van der Waals surface area contributed by atoms with Gasteiger partial charge in [-0.25, -0.2) is 0 Å². The third kappa shape index (κ3) is 5.74. The fourth-order valence-corrected chi connectivity index (χ4v) is 0.471. The molecule has 0 aromatic heterocycles. The van der Waals surface area contributed by atoms with Gasteiger partial charge in [-0.05, 0) is 25.7 Å². The lowest BCUT2D eigenvalue weighted by molar-refractivity contribution is 1.00. The molecule has 0 aromatic carbocycles. The molecular formula is C8H14. The number of unbranched alkanes of at least 4 members (excludes halogenated alkanes) is 2. The van der Waals surface area contributed by atoms with E-state index in [0.717, 1.165) is 25.7 Å². The Morgan fingerprint density at radius 3 is 1.50 bits per heavy atom. The fraction of sp³-hybridized carbons (Fsp3) is 0.500. The predicted molar refractivity (Wildman–Crippen MR) is 38.3 cm³/mol. The van der Waals surface area contributed by atoms with Crippen LogP contribution in [0.2, 0.25) is 0 Å². The summed E-state index contributed by atoms with van der Waals surface area (Å²) < 4.78 is 0. The van der Waals surface area contributed by atoms with Gasteiger partial charge >= 0.3 is 0 Å². The first kappa shape index (κ1) is 7.74. The van der Waals surface area contributed by atoms with Crippen molar-refractivity contribution in [2.24, 2.45) is 0 Å². The topological polar surface area (TPSA) is 0 Å². The van der Waals surface area contributed by atoms with Crippen molar-refractivity contribution in [1.29, 1.82) is 0 Å². The summed E-state index contributed by atoms with van der Waals surface area (Å²) in [5.41, 5.74) is 0. The quantitative estimate of drug-likeness (QED) is 0.488. The smallest absolute Gasteiger partial charge is 0.0351 e. The van der Waals surface area contributed by atoms with E-state index in [2.05, 4.69) is 26.0 Å². The number of rotatable bonds is 4. The molecule has 0 spiro atoms. The Morgan fingerprint density at radius 2 is 1.25 bits per heavy atom. The third-order valence-electron chi connectivity index (χ3n) is 0.908. The van der Waals surface area contributed by atoms with Crippen LogP contribution in [-0.2, 0) is 0 Å². The maximum absolute atomic E-state index is 3.72. The van der Waals surface area contributed by atoms with Gasteiger partial charge in [0.2, 0.25) is 0 Å². The standard InChI is InChI=1S/C8H14/c1-3-5-7-8-6-4-2/h7-8H,1-6H2. The zero-order valence-electron chi connectivity index (χ0n) is 5.40. The van der Waals surface area contributed by atoms with Gasteiger partial charge < -0.3 is 0 Å². The van der Waals surface area contributed by atoms with Gasteiger partial charge in [0.25, 0.3) is 0 Å². The molecule has 0 aromatic rings. The Hall–Kier alpha value is -0.260. The SMILES string of the molecule is [CH2]CCC=CCC[CH2]. The second-order valence-electron chi connectivity index (χ2n) is 1.76. The molecule has 8 heavy (non-hydrogen) atoms. The molecule has 0 atom stereocenters. The highest BCUT2D eigenvalue weighted by molar-refractivity contribution is 4.81. The summed E-state index contributed by atoms with van der Waals surface area (Å²) >= 11 is 0. The van der Waals surface area contributed by atoms with Crippen molar-refractivity contribution in [2.75, 3.05) is 0 Å². The molecule has 0 aliphatic rings. The molecule has 0 saturated heterocycles. The van der Waals surface area contributed by atoms with Crippen LogP contribution < -0.4 is 0 Å². The maximum Gasteiger partial charge on any atom is -0.0351 e. The van der Waals surface area contributed by atoms with Gasteiger partial charge in [-0.2, -0.15) is 0 Å². The minimum absolute atomic E-state index is 1.01. The lowest BCUT2D eigenvalue weighted by Gasteiger charge is -1.83. The largest absolute Gasteiger partial charge is 0.0885 e. The molecule has 0 rings (SSSR count). The van der Waals surface area contributed by atoms with Gasteiger partial charge in [0.1, 0.15) is 0 Å². The third-order valence-corrected chi connectivity index (χ3v) is 0.908. The van der Waals surface area contributed by atoms with E-state index in [4.69, 9.17) is 0 Å². The van der Waals surface area contributed by atoms with E-state index < -0.39 is 0 Å². The van der Waals surface area contributed by atoms with Gasteiger partial charge in [0.05, 0.1) is 0 Å². The second kappa shape index (κ2) is 6.74. The molecule has 0 amide bonds. The van der Waals surface area contributed by atoms with Crippen LogP contribution in [-0.4, -0.2) is 0 Å². The molecule has 0 heterocycles. The first-order valence-corrected chi connectivity index (χ1v) is 3.15. The summed E-state index contributed by atoms with van der Waals surface area (Å²) in [6, 6.07) is 0. The van der Waals surface area contributed by atoms with Gasteiger partial charge in [-0.1, -0.05) is 26.0 Å². The molecule has 0 aliphatic carbocycles. The summed E-state index contributed by atoms with van der Waals surface area (Å²) in [6.07, 6.45) is 8.57. The Morgan fingerprint density at radius 1 is 0.875 bits per heavy atom. The molecular weight excluding hydrogens is 96.1 g/mol. The van der Waals surface area contributed by atoms with Crippen LogP contribution in [0.3, 0.4) is 0 Å². The van der Waals surface area contributed by atoms with Crippen LogP contribution in [0.1, 0.15) is 25.7 Å². The molecule has 0 saturated carbocycles. The highest BCUT2D eigenvalue weighted by Crippen LogP contribution is 1.92. The van der Waals surface area contributed by atoms with E-state index >= 15 is 0 Å². The van der Waals surface area contributed by atoms with E-state index in [1.165, 1.54) is 0 Å². The summed E-state index contributed by atoms with van der Waals surface area (Å²) in [5.74, 6) is 0. The van der Waals surface area contributed by atoms with Crippen molar-refractivity contribution in [1.82, 2.24) is 0 Å². The molecule has 0 fully saturated rings. The van der Waals surface area contributed by atoms with Gasteiger partial charge in [-0.3, -0.25) is 0 Å². The van der Waals surface area contributed by atoms with Crippen LogP contribution in [0.15, 0.2) is 12.2 Å². The molecule has 46 valence electrons. The highest BCUT2D eigenvalue weighted by Gasteiger charge is 1.72. The summed E-state index contributed by atoms with van der Waals surface area (Å²) in [7, 11) is 0. The number of hydrogen-bond acceptors (Lipinski definition) is 0. The van der Waals surface area contributed by atoms with E-state index in [0.29, 0.717) is 0 Å². The summed E-state index contributed by atoms with van der Waals surface area (Å²) in [6.45, 7) is 7.43. The van der Waals surface area contributed by atoms with E-state index in [9.17, 15) is 0 Å². The molecule has 0 nitrogen and oxygen atoms in total. The molecule has 0 unspecified atom stereocenters. The van der Waals surface area contributed by atoms with Crippen LogP contribution in [0.5, 0.6) is 0 Å². The molecule has 0 bridgehead atoms. The zero-order chi connectivity index (χ0) is 6.24. The van der Waals surface area contributed by atoms with Crippen LogP contribution in [0.4, 0.5) is 0 Å². The van der Waals surface area contributed by atoms with Crippen molar-refractivity contribution in [2.45, 2.75) is 25.7 Å². The molecule has 0 heteroatoms. The first-order chi connectivity index (χ1) is 3.91. The zero-order valence-corrected chi connectivity index (χ0v) is 5.40. The number of hydrogen-bond donors (Lipinski definition) is 0. The number of allylic oxidation sites excluding steroid dienone is 2. The van der Waals surface area contributed by atoms with Gasteiger partial charge in [-0.15, -0.1) is 0 Å². The molecule has 0 aliphatic heterocycles. The van der Waals surface area contributed by atoms with Crippen molar-refractivity contribution in [3.63, 3.8) is 0 Å². The second-order valence-corrected chi connectivity index (χ2v) is 1.76. The first-order valence-electron chi connectivity index (χ1n) is 3.15. The average Bonchev–Trinajstić information content (AvgIpc) is 1.81. The maximum atomic E-state index is 3.72. The lowest BCUT2D eigenvalue weighted by Crippen LogP contribution is -1.63. The van der Waals surface area contributed by atoms with E-state index in [1.807, 2.05) is 0 Å². The van der Waals surface area contributed by atoms with Gasteiger partial charge in [0.15, 0.2) is 0 Å². The van der Waals surface area contributed by atoms with Crippen molar-refractivity contribution in [3.05, 3.63) is 26.0 Å². The Bertz CT molecular complexity index is 45.1. The van der Waals surface area contributed by atoms with Crippen LogP contribution >= 0.6 is 0 Å². The highest BCUT2D eigenvalue weighted by atomic mass is 13.8. The van der Waals surface area contributed by atoms with Crippen molar-refractivity contribution >= 4 is 0 Å². The Labute approximate surface area is 52.6 Å². The lowest BCUT2D eigenvalue weighted by atomic mass is 10.2. The Kier molecular flexibility index (Phi) is 6.52. The van der Waals surface area contributed by atoms with Gasteiger partial charge in [0, 0.05) is 0 Å². The predicted octanol–water partition coefficient (Wildman–Crippen LogP) is 2.77. The monoisotopic (exact) mass is 110 g/mol. The van der Waals surface area contributed by atoms with Crippen molar-refractivity contribution < 1.29 is 0 Å². The molecule has 2 radical (unpaired) electrons. The van der Waals surface area contributed by atoms with Crippen LogP contribution in [0, 0.1) is 13.8 Å². The normalized spacial score (nSPS) is 10.8. The molecule has 0 N–H and O–H groups in total. The van der Waals surface area contributed by atoms with Crippen molar-refractivity contribution in [3.8, 4) is 0 Å². The van der Waals surface area contributed by atoms with E-state index in [-0.39, 0.29) is 0 Å². The minimum atomic E-state index is 1.01. The minimum Gasteiger partial charge on any atom is -0.0885 e. The fourth-order valence-electron chi connectivity index (χ4n) is 0.471. The Balaban J connectivity index is 2.83. The average molecular weight is 110 g/mol. The van der Waals surface area contributed by atoms with Crippen LogP contribution in [0.25, 0.3) is 0 Å². The summed E-state index contributed by atoms with van der Waals surface area (Å²) in [4.78, 5) is 0. The summed E-state index contributed by atoms with van der Waals surface area (Å²) in [5, 5.41) is 0. The van der Waals surface area contributed by atoms with E-state index in [1.54, 1.807) is 0 Å².